The Morgan fingerprint density at radius 3 is 2.69 bits per heavy atom. The SMILES string of the molecule is CC(=O)NC(CC(=O)NCc1ccnc(-n2ccnc2)c1)c1ccc(F)cc1F. The molecular weight excluding hydrogens is 380 g/mol. The molecule has 2 aromatic heterocycles. The first-order valence-corrected chi connectivity index (χ1v) is 8.84. The number of amides is 2. The predicted molar refractivity (Wildman–Crippen MR) is 101 cm³/mol. The van der Waals surface area contributed by atoms with Gasteiger partial charge >= 0.3 is 0 Å². The van der Waals surface area contributed by atoms with Crippen molar-refractivity contribution in [2.75, 3.05) is 0 Å². The van der Waals surface area contributed by atoms with E-state index in [9.17, 15) is 18.4 Å². The number of benzene rings is 1. The zero-order valence-electron chi connectivity index (χ0n) is 15.6. The second kappa shape index (κ2) is 9.05. The van der Waals surface area contributed by atoms with Gasteiger partial charge in [0.15, 0.2) is 0 Å². The summed E-state index contributed by atoms with van der Waals surface area (Å²) in [5, 5.41) is 5.27. The molecular formula is C20H19F2N5O2. The first-order chi connectivity index (χ1) is 13.9. The van der Waals surface area contributed by atoms with Gasteiger partial charge in [-0.05, 0) is 23.8 Å². The van der Waals surface area contributed by atoms with Crippen LogP contribution in [0, 0.1) is 11.6 Å². The van der Waals surface area contributed by atoms with Gasteiger partial charge in [-0.2, -0.15) is 0 Å². The van der Waals surface area contributed by atoms with E-state index in [2.05, 4.69) is 20.6 Å². The Kier molecular flexibility index (Phi) is 6.28. The molecule has 1 atom stereocenters. The van der Waals surface area contributed by atoms with Crippen LogP contribution in [0.25, 0.3) is 5.82 Å². The van der Waals surface area contributed by atoms with Gasteiger partial charge in [0.05, 0.1) is 12.5 Å². The van der Waals surface area contributed by atoms with E-state index in [-0.39, 0.29) is 18.5 Å². The van der Waals surface area contributed by atoms with Gasteiger partial charge in [0.25, 0.3) is 0 Å². The molecule has 1 aromatic carbocycles. The summed E-state index contributed by atoms with van der Waals surface area (Å²) in [4.78, 5) is 32.0. The fourth-order valence-electron chi connectivity index (χ4n) is 2.83. The van der Waals surface area contributed by atoms with Crippen molar-refractivity contribution < 1.29 is 18.4 Å². The van der Waals surface area contributed by atoms with Crippen molar-refractivity contribution in [1.82, 2.24) is 25.2 Å². The first kappa shape index (κ1) is 20.1. The van der Waals surface area contributed by atoms with E-state index < -0.39 is 29.5 Å². The lowest BCUT2D eigenvalue weighted by atomic mass is 10.0. The largest absolute Gasteiger partial charge is 0.352 e. The average Bonchev–Trinajstić information content (AvgIpc) is 3.21. The van der Waals surface area contributed by atoms with Gasteiger partial charge in [0, 0.05) is 43.7 Å². The molecule has 2 heterocycles. The second-order valence-electron chi connectivity index (χ2n) is 6.39. The van der Waals surface area contributed by atoms with E-state index in [0.717, 1.165) is 17.7 Å². The maximum atomic E-state index is 14.1. The Hall–Kier alpha value is -3.62. The molecule has 0 spiro atoms. The molecule has 1 unspecified atom stereocenters. The Morgan fingerprint density at radius 1 is 1.17 bits per heavy atom. The summed E-state index contributed by atoms with van der Waals surface area (Å²) in [5.41, 5.74) is 0.851. The molecule has 0 fully saturated rings. The lowest BCUT2D eigenvalue weighted by molar-refractivity contribution is -0.122. The number of nitrogens with zero attached hydrogens (tertiary/aromatic N) is 3. The number of nitrogens with one attached hydrogen (secondary N) is 2. The molecule has 29 heavy (non-hydrogen) atoms. The van der Waals surface area contributed by atoms with Crippen LogP contribution in [0.3, 0.4) is 0 Å². The van der Waals surface area contributed by atoms with E-state index in [1.165, 1.54) is 13.0 Å². The summed E-state index contributed by atoms with van der Waals surface area (Å²) >= 11 is 0. The van der Waals surface area contributed by atoms with E-state index in [1.54, 1.807) is 41.6 Å². The maximum Gasteiger partial charge on any atom is 0.222 e. The van der Waals surface area contributed by atoms with Gasteiger partial charge in [-0.15, -0.1) is 0 Å². The molecule has 3 rings (SSSR count). The normalized spacial score (nSPS) is 11.7. The van der Waals surface area contributed by atoms with Gasteiger partial charge in [0.2, 0.25) is 11.8 Å². The lowest BCUT2D eigenvalue weighted by Crippen LogP contribution is -2.33. The molecule has 2 amide bonds. The summed E-state index contributed by atoms with van der Waals surface area (Å²) in [6.45, 7) is 1.49. The maximum absolute atomic E-state index is 14.1. The minimum absolute atomic E-state index is 0.0445. The Morgan fingerprint density at radius 2 is 2.00 bits per heavy atom. The molecule has 0 aliphatic heterocycles. The molecule has 0 saturated heterocycles. The topological polar surface area (TPSA) is 88.9 Å². The minimum Gasteiger partial charge on any atom is -0.352 e. The molecule has 0 saturated carbocycles. The van der Waals surface area contributed by atoms with E-state index >= 15 is 0 Å². The predicted octanol–water partition coefficient (Wildman–Crippen LogP) is 2.43. The summed E-state index contributed by atoms with van der Waals surface area (Å²) in [5.74, 6) is -1.72. The van der Waals surface area contributed by atoms with Gasteiger partial charge in [-0.25, -0.2) is 18.7 Å². The highest BCUT2D eigenvalue weighted by Crippen LogP contribution is 2.21. The van der Waals surface area contributed by atoms with Crippen LogP contribution in [0.1, 0.15) is 30.5 Å². The van der Waals surface area contributed by atoms with Crippen LogP contribution >= 0.6 is 0 Å². The van der Waals surface area contributed by atoms with Crippen LogP contribution in [0.4, 0.5) is 8.78 Å². The number of imidazole rings is 1. The lowest BCUT2D eigenvalue weighted by Gasteiger charge is -2.19. The third-order valence-corrected chi connectivity index (χ3v) is 4.17. The van der Waals surface area contributed by atoms with Gasteiger partial charge in [0.1, 0.15) is 23.8 Å². The number of rotatable bonds is 7. The van der Waals surface area contributed by atoms with Gasteiger partial charge in [-0.1, -0.05) is 6.07 Å². The highest BCUT2D eigenvalue weighted by molar-refractivity contribution is 5.79. The van der Waals surface area contributed by atoms with Gasteiger partial charge < -0.3 is 10.6 Å². The average molecular weight is 399 g/mol. The highest BCUT2D eigenvalue weighted by atomic mass is 19.1. The van der Waals surface area contributed by atoms with Crippen molar-refractivity contribution in [3.05, 3.63) is 78.0 Å². The number of aromatic nitrogens is 3. The molecule has 0 bridgehead atoms. The highest BCUT2D eigenvalue weighted by Gasteiger charge is 2.20. The summed E-state index contributed by atoms with van der Waals surface area (Å²) in [7, 11) is 0. The minimum atomic E-state index is -0.910. The third-order valence-electron chi connectivity index (χ3n) is 4.17. The molecule has 7 nitrogen and oxygen atoms in total. The van der Waals surface area contributed by atoms with Crippen LogP contribution in [0.5, 0.6) is 0 Å². The van der Waals surface area contributed by atoms with Crippen LogP contribution in [0.2, 0.25) is 0 Å². The van der Waals surface area contributed by atoms with Crippen molar-refractivity contribution in [2.24, 2.45) is 0 Å². The number of pyridine rings is 1. The van der Waals surface area contributed by atoms with Crippen molar-refractivity contribution >= 4 is 11.8 Å². The van der Waals surface area contributed by atoms with Crippen molar-refractivity contribution in [3.63, 3.8) is 0 Å². The molecule has 0 aliphatic rings. The van der Waals surface area contributed by atoms with Crippen LogP contribution < -0.4 is 10.6 Å². The summed E-state index contributed by atoms with van der Waals surface area (Å²) < 4.78 is 29.0. The Balaban J connectivity index is 1.66. The monoisotopic (exact) mass is 399 g/mol. The number of halogens is 2. The summed E-state index contributed by atoms with van der Waals surface area (Å²) in [6.07, 6.45) is 6.42. The Labute approximate surface area is 165 Å². The van der Waals surface area contributed by atoms with E-state index in [1.807, 2.05) is 0 Å². The van der Waals surface area contributed by atoms with Crippen LogP contribution in [-0.2, 0) is 16.1 Å². The van der Waals surface area contributed by atoms with Crippen molar-refractivity contribution in [1.29, 1.82) is 0 Å². The quantitative estimate of drug-likeness (QED) is 0.639. The zero-order chi connectivity index (χ0) is 20.8. The number of carbonyl (C=O) groups excluding carboxylic acids is 2. The van der Waals surface area contributed by atoms with E-state index in [0.29, 0.717) is 5.82 Å². The van der Waals surface area contributed by atoms with Crippen molar-refractivity contribution in [3.8, 4) is 5.82 Å². The molecule has 0 radical (unpaired) electrons. The molecule has 3 aromatic rings. The fraction of sp³-hybridized carbons (Fsp3) is 0.200. The van der Waals surface area contributed by atoms with Crippen molar-refractivity contribution in [2.45, 2.75) is 25.9 Å². The molecule has 9 heteroatoms. The number of carbonyl (C=O) groups is 2. The van der Waals surface area contributed by atoms with Crippen LogP contribution in [-0.4, -0.2) is 26.3 Å². The summed E-state index contributed by atoms with van der Waals surface area (Å²) in [6, 6.07) is 5.67. The first-order valence-electron chi connectivity index (χ1n) is 8.84. The smallest absolute Gasteiger partial charge is 0.222 e. The van der Waals surface area contributed by atoms with Gasteiger partial charge in [-0.3, -0.25) is 14.2 Å². The number of hydrogen-bond acceptors (Lipinski definition) is 4. The zero-order valence-corrected chi connectivity index (χ0v) is 15.6. The molecule has 150 valence electrons. The second-order valence-corrected chi connectivity index (χ2v) is 6.39. The van der Waals surface area contributed by atoms with E-state index in [4.69, 9.17) is 0 Å². The standard InChI is InChI=1S/C20H19F2N5O2/c1-13(28)26-18(16-3-2-15(21)9-17(16)22)10-20(29)25-11-14-4-5-24-19(8-14)27-7-6-23-12-27/h2-9,12,18H,10-11H2,1H3,(H,25,29)(H,26,28). The fourth-order valence-corrected chi connectivity index (χ4v) is 2.83. The molecule has 2 N–H and O–H groups in total. The third kappa shape index (κ3) is 5.44. The number of hydrogen-bond donors (Lipinski definition) is 2. The van der Waals surface area contributed by atoms with Crippen LogP contribution in [0.15, 0.2) is 55.2 Å². The molecule has 0 aliphatic carbocycles. The Bertz CT molecular complexity index is 1010.